The highest BCUT2D eigenvalue weighted by molar-refractivity contribution is 5.94. The van der Waals surface area contributed by atoms with Gasteiger partial charge >= 0.3 is 0 Å². The predicted octanol–water partition coefficient (Wildman–Crippen LogP) is 2.94. The molecule has 0 aliphatic heterocycles. The first-order valence-corrected chi connectivity index (χ1v) is 7.44. The van der Waals surface area contributed by atoms with Gasteiger partial charge in [0.15, 0.2) is 0 Å². The molecule has 0 unspecified atom stereocenters. The quantitative estimate of drug-likeness (QED) is 0.826. The van der Waals surface area contributed by atoms with Crippen LogP contribution in [0.1, 0.15) is 35.3 Å². The van der Waals surface area contributed by atoms with Crippen LogP contribution in [0.4, 0.5) is 0 Å². The lowest BCUT2D eigenvalue weighted by molar-refractivity contribution is 0.0915. The number of hydrogen-bond donors (Lipinski definition) is 2. The van der Waals surface area contributed by atoms with Gasteiger partial charge in [-0.3, -0.25) is 4.79 Å². The molecule has 2 N–H and O–H groups in total. The molecule has 0 aliphatic rings. The zero-order valence-electron chi connectivity index (χ0n) is 12.7. The second-order valence-electron chi connectivity index (χ2n) is 5.00. The van der Waals surface area contributed by atoms with Crippen molar-refractivity contribution >= 4 is 5.91 Å². The highest BCUT2D eigenvalue weighted by atomic mass is 16.5. The molecule has 0 radical (unpaired) electrons. The van der Waals surface area contributed by atoms with Crippen molar-refractivity contribution in [3.63, 3.8) is 0 Å². The van der Waals surface area contributed by atoms with Crippen LogP contribution >= 0.6 is 0 Å². The summed E-state index contributed by atoms with van der Waals surface area (Å²) in [5.41, 5.74) is 1.39. The van der Waals surface area contributed by atoms with Crippen LogP contribution in [0.25, 0.3) is 0 Å². The van der Waals surface area contributed by atoms with Gasteiger partial charge in [0.05, 0.1) is 19.3 Å². The predicted molar refractivity (Wildman–Crippen MR) is 86.0 cm³/mol. The average Bonchev–Trinajstić information content (AvgIpc) is 2.58. The molecule has 22 heavy (non-hydrogen) atoms. The van der Waals surface area contributed by atoms with Gasteiger partial charge in [0, 0.05) is 5.56 Å². The Morgan fingerprint density at radius 3 is 2.64 bits per heavy atom. The Labute approximate surface area is 130 Å². The lowest BCUT2D eigenvalue weighted by atomic mass is 10.1. The number of rotatable bonds is 7. The van der Waals surface area contributed by atoms with E-state index in [9.17, 15) is 9.90 Å². The molecule has 0 fully saturated rings. The summed E-state index contributed by atoms with van der Waals surface area (Å²) >= 11 is 0. The molecule has 2 aromatic carbocycles. The monoisotopic (exact) mass is 299 g/mol. The lowest BCUT2D eigenvalue weighted by Crippen LogP contribution is -2.30. The fraction of sp³-hybridized carbons (Fsp3) is 0.278. The summed E-state index contributed by atoms with van der Waals surface area (Å²) in [6.07, 6.45) is 0.914. The highest BCUT2D eigenvalue weighted by Crippen LogP contribution is 2.16. The van der Waals surface area contributed by atoms with Crippen LogP contribution < -0.4 is 10.1 Å². The summed E-state index contributed by atoms with van der Waals surface area (Å²) in [6, 6.07) is 16.0. The minimum atomic E-state index is -0.422. The molecule has 0 saturated carbocycles. The molecule has 0 spiro atoms. The summed E-state index contributed by atoms with van der Waals surface area (Å²) in [5.74, 6) is 0.444. The van der Waals surface area contributed by atoms with Crippen molar-refractivity contribution in [1.82, 2.24) is 5.32 Å². The van der Waals surface area contributed by atoms with Crippen LogP contribution in [0, 0.1) is 0 Å². The minimum absolute atomic E-state index is 0.151. The van der Waals surface area contributed by atoms with E-state index in [-0.39, 0.29) is 12.5 Å². The molecule has 116 valence electrons. The Kier molecular flexibility index (Phi) is 5.98. The van der Waals surface area contributed by atoms with Gasteiger partial charge in [-0.25, -0.2) is 0 Å². The van der Waals surface area contributed by atoms with Crippen LogP contribution in [0.15, 0.2) is 54.6 Å². The maximum Gasteiger partial charge on any atom is 0.251 e. The maximum absolute atomic E-state index is 12.3. The number of aliphatic hydroxyl groups is 1. The second kappa shape index (κ2) is 8.20. The summed E-state index contributed by atoms with van der Waals surface area (Å²) in [7, 11) is 0. The van der Waals surface area contributed by atoms with Gasteiger partial charge in [0.2, 0.25) is 0 Å². The molecule has 2 aromatic rings. The van der Waals surface area contributed by atoms with Gasteiger partial charge in [0.25, 0.3) is 5.91 Å². The van der Waals surface area contributed by atoms with Crippen LogP contribution in [-0.4, -0.2) is 24.2 Å². The normalized spacial score (nSPS) is 11.7. The molecule has 1 amide bonds. The van der Waals surface area contributed by atoms with Crippen molar-refractivity contribution in [1.29, 1.82) is 0 Å². The standard InChI is InChI=1S/C18H21NO3/c1-2-11-22-16-10-6-9-15(12-16)18(21)19-17(13-20)14-7-4-3-5-8-14/h3-10,12,17,20H,2,11,13H2,1H3,(H,19,21)/t17-/m1/s1. The van der Waals surface area contributed by atoms with Gasteiger partial charge in [0.1, 0.15) is 5.75 Å². The zero-order valence-corrected chi connectivity index (χ0v) is 12.7. The fourth-order valence-electron chi connectivity index (χ4n) is 2.11. The Morgan fingerprint density at radius 2 is 1.95 bits per heavy atom. The van der Waals surface area contributed by atoms with E-state index in [1.54, 1.807) is 18.2 Å². The number of carbonyl (C=O) groups excluding carboxylic acids is 1. The van der Waals surface area contributed by atoms with Crippen molar-refractivity contribution in [3.8, 4) is 5.75 Å². The van der Waals surface area contributed by atoms with E-state index in [4.69, 9.17) is 4.74 Å². The maximum atomic E-state index is 12.3. The van der Waals surface area contributed by atoms with Crippen LogP contribution in [0.2, 0.25) is 0 Å². The number of ether oxygens (including phenoxy) is 1. The number of hydrogen-bond acceptors (Lipinski definition) is 3. The SMILES string of the molecule is CCCOc1cccc(C(=O)N[C@H](CO)c2ccccc2)c1. The molecule has 2 rings (SSSR count). The molecule has 0 aromatic heterocycles. The van der Waals surface area contributed by atoms with Gasteiger partial charge < -0.3 is 15.2 Å². The van der Waals surface area contributed by atoms with E-state index in [1.807, 2.05) is 43.3 Å². The topological polar surface area (TPSA) is 58.6 Å². The minimum Gasteiger partial charge on any atom is -0.494 e. The van der Waals surface area contributed by atoms with Gasteiger partial charge in [-0.2, -0.15) is 0 Å². The smallest absolute Gasteiger partial charge is 0.251 e. The van der Waals surface area contributed by atoms with Crippen LogP contribution in [-0.2, 0) is 0 Å². The summed E-state index contributed by atoms with van der Waals surface area (Å²) < 4.78 is 5.53. The van der Waals surface area contributed by atoms with E-state index in [0.29, 0.717) is 17.9 Å². The van der Waals surface area contributed by atoms with Crippen molar-refractivity contribution < 1.29 is 14.6 Å². The Bertz CT molecular complexity index is 598. The molecule has 0 aliphatic carbocycles. The molecule has 0 bridgehead atoms. The Balaban J connectivity index is 2.07. The number of aliphatic hydroxyl groups excluding tert-OH is 1. The van der Waals surface area contributed by atoms with Crippen molar-refractivity contribution in [3.05, 3.63) is 65.7 Å². The van der Waals surface area contributed by atoms with Gasteiger partial charge in [-0.1, -0.05) is 43.3 Å². The van der Waals surface area contributed by atoms with Crippen molar-refractivity contribution in [2.45, 2.75) is 19.4 Å². The lowest BCUT2D eigenvalue weighted by Gasteiger charge is -2.17. The number of carbonyl (C=O) groups is 1. The zero-order chi connectivity index (χ0) is 15.8. The summed E-state index contributed by atoms with van der Waals surface area (Å²) in [4.78, 5) is 12.3. The third-order valence-corrected chi connectivity index (χ3v) is 3.26. The third-order valence-electron chi connectivity index (χ3n) is 3.26. The van der Waals surface area contributed by atoms with E-state index in [2.05, 4.69) is 5.32 Å². The number of amides is 1. The first-order valence-electron chi connectivity index (χ1n) is 7.44. The first kappa shape index (κ1) is 16.0. The van der Waals surface area contributed by atoms with E-state index in [1.165, 1.54) is 0 Å². The Hall–Kier alpha value is -2.33. The van der Waals surface area contributed by atoms with Gasteiger partial charge in [-0.05, 0) is 30.2 Å². The second-order valence-corrected chi connectivity index (χ2v) is 5.00. The largest absolute Gasteiger partial charge is 0.494 e. The van der Waals surface area contributed by atoms with E-state index < -0.39 is 6.04 Å². The Morgan fingerprint density at radius 1 is 1.18 bits per heavy atom. The number of benzene rings is 2. The number of nitrogens with one attached hydrogen (secondary N) is 1. The van der Waals surface area contributed by atoms with Crippen LogP contribution in [0.5, 0.6) is 5.75 Å². The first-order chi connectivity index (χ1) is 10.7. The molecule has 1 atom stereocenters. The summed E-state index contributed by atoms with van der Waals surface area (Å²) in [5, 5.41) is 12.3. The average molecular weight is 299 g/mol. The summed E-state index contributed by atoms with van der Waals surface area (Å²) in [6.45, 7) is 2.50. The van der Waals surface area contributed by atoms with E-state index in [0.717, 1.165) is 12.0 Å². The van der Waals surface area contributed by atoms with Gasteiger partial charge in [-0.15, -0.1) is 0 Å². The van der Waals surface area contributed by atoms with Crippen molar-refractivity contribution in [2.75, 3.05) is 13.2 Å². The molecular formula is C18H21NO3. The molecule has 4 nitrogen and oxygen atoms in total. The van der Waals surface area contributed by atoms with Crippen molar-refractivity contribution in [2.24, 2.45) is 0 Å². The highest BCUT2D eigenvalue weighted by Gasteiger charge is 2.15. The fourth-order valence-corrected chi connectivity index (χ4v) is 2.11. The molecular weight excluding hydrogens is 278 g/mol. The molecule has 0 heterocycles. The molecule has 4 heteroatoms. The molecule has 0 saturated heterocycles. The van der Waals surface area contributed by atoms with Crippen LogP contribution in [0.3, 0.4) is 0 Å². The third kappa shape index (κ3) is 4.33. The van der Waals surface area contributed by atoms with E-state index >= 15 is 0 Å².